The summed E-state index contributed by atoms with van der Waals surface area (Å²) in [5, 5.41) is 14.3. The SMILES string of the molecule is CN(C)CCCNc1ccc2ncn3c4ccc(O)cc4c(=O)c1c23.Cl. The molecule has 0 fully saturated rings. The average molecular weight is 373 g/mol. The van der Waals surface area contributed by atoms with Crippen LogP contribution in [0.3, 0.4) is 0 Å². The quantitative estimate of drug-likeness (QED) is 0.416. The second-order valence-corrected chi connectivity index (χ2v) is 6.58. The fourth-order valence-electron chi connectivity index (χ4n) is 3.33. The van der Waals surface area contributed by atoms with Gasteiger partial charge in [-0.15, -0.1) is 12.4 Å². The lowest BCUT2D eigenvalue weighted by molar-refractivity contribution is 0.405. The Hall–Kier alpha value is -2.57. The van der Waals surface area contributed by atoms with Crippen molar-refractivity contribution in [1.29, 1.82) is 0 Å². The zero-order chi connectivity index (χ0) is 17.6. The highest BCUT2D eigenvalue weighted by molar-refractivity contribution is 6.07. The molecule has 0 unspecified atom stereocenters. The van der Waals surface area contributed by atoms with Crippen LogP contribution in [0.15, 0.2) is 41.5 Å². The van der Waals surface area contributed by atoms with Crippen molar-refractivity contribution in [1.82, 2.24) is 14.3 Å². The lowest BCUT2D eigenvalue weighted by Crippen LogP contribution is -2.17. The fourth-order valence-corrected chi connectivity index (χ4v) is 3.33. The number of pyridine rings is 1. The summed E-state index contributed by atoms with van der Waals surface area (Å²) in [6, 6.07) is 8.71. The van der Waals surface area contributed by atoms with Crippen LogP contribution in [-0.4, -0.2) is 46.6 Å². The molecule has 0 aliphatic rings. The summed E-state index contributed by atoms with van der Waals surface area (Å²) in [6.45, 7) is 1.76. The highest BCUT2D eigenvalue weighted by Gasteiger charge is 2.16. The number of aromatic hydroxyl groups is 1. The smallest absolute Gasteiger partial charge is 0.199 e. The first-order valence-corrected chi connectivity index (χ1v) is 8.33. The predicted molar refractivity (Wildman–Crippen MR) is 108 cm³/mol. The van der Waals surface area contributed by atoms with Crippen LogP contribution in [0.25, 0.3) is 27.3 Å². The molecule has 2 N–H and O–H groups in total. The molecule has 4 aromatic rings. The normalized spacial score (nSPS) is 11.5. The number of aromatic nitrogens is 2. The molecule has 2 aromatic heterocycles. The number of phenolic OH excluding ortho intramolecular Hbond substituents is 1. The number of nitrogens with zero attached hydrogens (tertiary/aromatic N) is 3. The highest BCUT2D eigenvalue weighted by atomic mass is 35.5. The van der Waals surface area contributed by atoms with Crippen molar-refractivity contribution >= 4 is 45.4 Å². The number of nitrogens with one attached hydrogen (secondary N) is 1. The first kappa shape index (κ1) is 18.2. The van der Waals surface area contributed by atoms with Crippen molar-refractivity contribution in [2.75, 3.05) is 32.5 Å². The van der Waals surface area contributed by atoms with E-state index >= 15 is 0 Å². The third-order valence-electron chi connectivity index (χ3n) is 4.52. The monoisotopic (exact) mass is 372 g/mol. The van der Waals surface area contributed by atoms with E-state index in [-0.39, 0.29) is 23.6 Å². The third kappa shape index (κ3) is 2.91. The number of anilines is 1. The number of rotatable bonds is 5. The third-order valence-corrected chi connectivity index (χ3v) is 4.52. The average Bonchev–Trinajstić information content (AvgIpc) is 3.01. The van der Waals surface area contributed by atoms with E-state index in [2.05, 4.69) is 15.2 Å². The maximum absolute atomic E-state index is 13.1. The van der Waals surface area contributed by atoms with E-state index < -0.39 is 0 Å². The van der Waals surface area contributed by atoms with E-state index in [0.29, 0.717) is 10.8 Å². The summed E-state index contributed by atoms with van der Waals surface area (Å²) < 4.78 is 1.92. The maximum atomic E-state index is 13.1. The van der Waals surface area contributed by atoms with Gasteiger partial charge in [0.05, 0.1) is 27.3 Å². The Morgan fingerprint density at radius 3 is 2.81 bits per heavy atom. The second-order valence-electron chi connectivity index (χ2n) is 6.58. The van der Waals surface area contributed by atoms with Crippen LogP contribution >= 0.6 is 12.4 Å². The molecule has 0 atom stereocenters. The van der Waals surface area contributed by atoms with Gasteiger partial charge in [-0.2, -0.15) is 0 Å². The molecule has 0 aliphatic heterocycles. The van der Waals surface area contributed by atoms with Crippen molar-refractivity contribution in [3.8, 4) is 5.75 Å². The van der Waals surface area contributed by atoms with Gasteiger partial charge in [-0.3, -0.25) is 9.20 Å². The van der Waals surface area contributed by atoms with Crippen LogP contribution in [0.1, 0.15) is 6.42 Å². The Labute approximate surface area is 156 Å². The van der Waals surface area contributed by atoms with Gasteiger partial charge in [0.25, 0.3) is 0 Å². The first-order chi connectivity index (χ1) is 12.1. The van der Waals surface area contributed by atoms with Crippen LogP contribution < -0.4 is 10.7 Å². The predicted octanol–water partition coefficient (Wildman–Crippen LogP) is 2.93. The number of hydrogen-bond donors (Lipinski definition) is 2. The van der Waals surface area contributed by atoms with Gasteiger partial charge in [-0.05, 0) is 57.4 Å². The zero-order valence-corrected chi connectivity index (χ0v) is 15.5. The van der Waals surface area contributed by atoms with Crippen molar-refractivity contribution in [3.63, 3.8) is 0 Å². The number of benzene rings is 2. The highest BCUT2D eigenvalue weighted by Crippen LogP contribution is 2.29. The Morgan fingerprint density at radius 2 is 2.04 bits per heavy atom. The lowest BCUT2D eigenvalue weighted by Gasteiger charge is -2.13. The van der Waals surface area contributed by atoms with Crippen LogP contribution in [0, 0.1) is 0 Å². The minimum absolute atomic E-state index is 0. The molecule has 7 heteroatoms. The van der Waals surface area contributed by atoms with Gasteiger partial charge < -0.3 is 15.3 Å². The number of halogens is 1. The van der Waals surface area contributed by atoms with E-state index in [0.717, 1.165) is 41.7 Å². The largest absolute Gasteiger partial charge is 0.508 e. The summed E-state index contributed by atoms with van der Waals surface area (Å²) in [6.07, 6.45) is 2.71. The molecule has 0 amide bonds. The Balaban J connectivity index is 0.00000196. The topological polar surface area (TPSA) is 69.9 Å². The molecule has 4 rings (SSSR count). The maximum Gasteiger partial charge on any atom is 0.199 e. The molecular formula is C19H21ClN4O2. The lowest BCUT2D eigenvalue weighted by atomic mass is 10.1. The van der Waals surface area contributed by atoms with Crippen LogP contribution in [0.4, 0.5) is 5.69 Å². The summed E-state index contributed by atoms with van der Waals surface area (Å²) in [5.74, 6) is 0.0864. The number of phenols is 1. The van der Waals surface area contributed by atoms with Gasteiger partial charge in [0, 0.05) is 12.2 Å². The molecule has 2 aromatic carbocycles. The van der Waals surface area contributed by atoms with E-state index in [1.807, 2.05) is 30.6 Å². The molecule has 136 valence electrons. The van der Waals surface area contributed by atoms with Crippen LogP contribution in [0.5, 0.6) is 5.75 Å². The minimum Gasteiger partial charge on any atom is -0.508 e. The van der Waals surface area contributed by atoms with Crippen molar-refractivity contribution in [2.24, 2.45) is 0 Å². The Morgan fingerprint density at radius 1 is 1.23 bits per heavy atom. The summed E-state index contributed by atoms with van der Waals surface area (Å²) >= 11 is 0. The molecular weight excluding hydrogens is 352 g/mol. The van der Waals surface area contributed by atoms with Gasteiger partial charge in [-0.25, -0.2) is 4.98 Å². The van der Waals surface area contributed by atoms with Gasteiger partial charge in [-0.1, -0.05) is 0 Å². The number of imidazole rings is 1. The standard InChI is InChI=1S/C19H20N4O2.ClH/c1-22(2)9-3-8-20-14-5-6-15-18-17(14)19(25)13-10-12(24)4-7-16(13)23(18)11-21-15;/h4-7,10-11,20,24H,3,8-9H2,1-2H3;1H. The molecule has 0 saturated heterocycles. The van der Waals surface area contributed by atoms with Crippen molar-refractivity contribution < 1.29 is 5.11 Å². The molecule has 6 nitrogen and oxygen atoms in total. The zero-order valence-electron chi connectivity index (χ0n) is 14.7. The molecule has 0 bridgehead atoms. The molecule has 26 heavy (non-hydrogen) atoms. The molecule has 0 radical (unpaired) electrons. The molecule has 2 heterocycles. The molecule has 0 saturated carbocycles. The van der Waals surface area contributed by atoms with Crippen LogP contribution in [-0.2, 0) is 0 Å². The van der Waals surface area contributed by atoms with Crippen molar-refractivity contribution in [2.45, 2.75) is 6.42 Å². The van der Waals surface area contributed by atoms with Gasteiger partial charge in [0.15, 0.2) is 5.43 Å². The fraction of sp³-hybridized carbons (Fsp3) is 0.263. The van der Waals surface area contributed by atoms with E-state index in [1.165, 1.54) is 6.07 Å². The molecule has 0 spiro atoms. The second kappa shape index (κ2) is 6.97. The number of fused-ring (bicyclic) bond motifs is 2. The summed E-state index contributed by atoms with van der Waals surface area (Å²) in [7, 11) is 4.09. The van der Waals surface area contributed by atoms with E-state index in [9.17, 15) is 9.90 Å². The van der Waals surface area contributed by atoms with E-state index in [1.54, 1.807) is 18.5 Å². The summed E-state index contributed by atoms with van der Waals surface area (Å²) in [4.78, 5) is 19.7. The van der Waals surface area contributed by atoms with Crippen molar-refractivity contribution in [3.05, 3.63) is 46.9 Å². The van der Waals surface area contributed by atoms with E-state index in [4.69, 9.17) is 0 Å². The molecule has 0 aliphatic carbocycles. The first-order valence-electron chi connectivity index (χ1n) is 8.33. The number of hydrogen-bond acceptors (Lipinski definition) is 5. The van der Waals surface area contributed by atoms with Gasteiger partial charge >= 0.3 is 0 Å². The van der Waals surface area contributed by atoms with Gasteiger partial charge in [0.1, 0.15) is 12.1 Å². The Kier molecular flexibility index (Phi) is 4.89. The van der Waals surface area contributed by atoms with Gasteiger partial charge in [0.2, 0.25) is 0 Å². The summed E-state index contributed by atoms with van der Waals surface area (Å²) in [5.41, 5.74) is 3.09. The van der Waals surface area contributed by atoms with Crippen LogP contribution in [0.2, 0.25) is 0 Å². The Bertz CT molecular complexity index is 1120. The minimum atomic E-state index is -0.0837.